The maximum Gasteiger partial charge on any atom is 0.425 e. The molecule has 0 heterocycles. The van der Waals surface area contributed by atoms with Gasteiger partial charge in [-0.1, -0.05) is 4.33 Å². The van der Waals surface area contributed by atoms with Crippen LogP contribution >= 0.6 is 0 Å². The molecule has 0 aromatic carbocycles. The molecule has 0 unspecified atom stereocenters. The molecule has 0 aromatic rings. The molecule has 0 aromatic heterocycles. The molecular weight excluding hydrogens is 126 g/mol. The standard InChI is InChI=1S/H3NO5S/c1-5-6-7(2,3)4/h1H2,(H,2,3,4). The average molecular weight is 129 g/mol. The fraction of sp³-hybridized carbons (Fsp3) is 0. The molecule has 0 spiro atoms. The van der Waals surface area contributed by atoms with Crippen LogP contribution in [0, 0.1) is 0 Å². The van der Waals surface area contributed by atoms with Gasteiger partial charge in [-0.25, -0.2) is 0 Å². The molecule has 44 valence electrons. The van der Waals surface area contributed by atoms with Crippen LogP contribution in [0.2, 0.25) is 0 Å². The lowest BCUT2D eigenvalue weighted by molar-refractivity contribution is -0.212. The Bertz CT molecular complexity index is 121. The van der Waals surface area contributed by atoms with Gasteiger partial charge in [-0.05, 0) is 0 Å². The summed E-state index contributed by atoms with van der Waals surface area (Å²) in [5.74, 6) is 4.05. The fourth-order valence-electron chi connectivity index (χ4n) is 0.0496. The SMILES string of the molecule is NOOS(=O)(=O)O. The molecule has 0 saturated carbocycles. The number of rotatable bonds is 2. The van der Waals surface area contributed by atoms with Crippen molar-refractivity contribution in [1.29, 1.82) is 0 Å². The Labute approximate surface area is 39.7 Å². The first-order valence-corrected chi connectivity index (χ1v) is 2.45. The Morgan fingerprint density at radius 1 is 1.57 bits per heavy atom. The van der Waals surface area contributed by atoms with Gasteiger partial charge in [0.15, 0.2) is 0 Å². The Morgan fingerprint density at radius 2 is 2.00 bits per heavy atom. The third-order valence-electron chi connectivity index (χ3n) is 0.125. The van der Waals surface area contributed by atoms with Gasteiger partial charge in [0.2, 0.25) is 0 Å². The van der Waals surface area contributed by atoms with E-state index in [-0.39, 0.29) is 0 Å². The second kappa shape index (κ2) is 2.19. The van der Waals surface area contributed by atoms with Crippen LogP contribution in [-0.4, -0.2) is 13.0 Å². The fourth-order valence-corrected chi connectivity index (χ4v) is 0.149. The first-order valence-electron chi connectivity index (χ1n) is 1.08. The van der Waals surface area contributed by atoms with Crippen LogP contribution in [0.25, 0.3) is 0 Å². The van der Waals surface area contributed by atoms with E-state index in [0.717, 1.165) is 0 Å². The van der Waals surface area contributed by atoms with Crippen molar-refractivity contribution in [3.05, 3.63) is 0 Å². The number of hydrogen-bond acceptors (Lipinski definition) is 5. The molecule has 6 nitrogen and oxygen atoms in total. The number of nitrogens with two attached hydrogens (primary N) is 1. The molecule has 0 bridgehead atoms. The predicted molar refractivity (Wildman–Crippen MR) is 17.9 cm³/mol. The quantitative estimate of drug-likeness (QED) is 0.270. The minimum atomic E-state index is -4.52. The lowest BCUT2D eigenvalue weighted by atomic mass is 13.5. The van der Waals surface area contributed by atoms with Crippen molar-refractivity contribution in [1.82, 2.24) is 0 Å². The molecule has 0 aliphatic rings. The van der Waals surface area contributed by atoms with E-state index in [4.69, 9.17) is 4.55 Å². The number of hydrogen-bond donors (Lipinski definition) is 2. The highest BCUT2D eigenvalue weighted by Crippen LogP contribution is 1.79. The third-order valence-corrected chi connectivity index (χ3v) is 0.376. The Balaban J connectivity index is 3.60. The van der Waals surface area contributed by atoms with Crippen LogP contribution in [0.1, 0.15) is 0 Å². The van der Waals surface area contributed by atoms with Crippen LogP contribution in [0.5, 0.6) is 0 Å². The summed E-state index contributed by atoms with van der Waals surface area (Å²) in [5, 5.41) is 0. The van der Waals surface area contributed by atoms with Crippen molar-refractivity contribution >= 4 is 10.4 Å². The van der Waals surface area contributed by atoms with Crippen LogP contribution in [0.3, 0.4) is 0 Å². The van der Waals surface area contributed by atoms with Crippen LogP contribution < -0.4 is 5.90 Å². The summed E-state index contributed by atoms with van der Waals surface area (Å²) in [6.45, 7) is 0. The summed E-state index contributed by atoms with van der Waals surface area (Å²) >= 11 is 0. The zero-order valence-electron chi connectivity index (χ0n) is 3.07. The predicted octanol–water partition coefficient (Wildman–Crippen LogP) is -1.39. The second-order valence-electron chi connectivity index (χ2n) is 0.592. The van der Waals surface area contributed by atoms with Gasteiger partial charge in [0.1, 0.15) is 0 Å². The van der Waals surface area contributed by atoms with Crippen molar-refractivity contribution in [2.24, 2.45) is 5.90 Å². The largest absolute Gasteiger partial charge is 0.425 e. The highest BCUT2D eigenvalue weighted by Gasteiger charge is 2.01. The van der Waals surface area contributed by atoms with Crippen molar-refractivity contribution in [2.75, 3.05) is 0 Å². The molecule has 0 saturated heterocycles. The summed E-state index contributed by atoms with van der Waals surface area (Å²) < 4.78 is 29.3. The highest BCUT2D eigenvalue weighted by atomic mass is 32.3. The van der Waals surface area contributed by atoms with Gasteiger partial charge < -0.3 is 0 Å². The van der Waals surface area contributed by atoms with E-state index in [2.05, 4.69) is 15.2 Å². The molecule has 0 atom stereocenters. The lowest BCUT2D eigenvalue weighted by Gasteiger charge is -1.86. The molecule has 0 amide bonds. The molecule has 7 heteroatoms. The van der Waals surface area contributed by atoms with Crippen LogP contribution in [-0.2, 0) is 19.7 Å². The summed E-state index contributed by atoms with van der Waals surface area (Å²) in [7, 11) is -4.52. The monoisotopic (exact) mass is 129 g/mol. The molecule has 0 aliphatic carbocycles. The topological polar surface area (TPSA) is 98.9 Å². The molecule has 0 rings (SSSR count). The minimum absolute atomic E-state index is 3.03. The van der Waals surface area contributed by atoms with E-state index >= 15 is 0 Å². The summed E-state index contributed by atoms with van der Waals surface area (Å²) in [6, 6.07) is 0. The molecule has 0 fully saturated rings. The van der Waals surface area contributed by atoms with Gasteiger partial charge in [-0.2, -0.15) is 14.3 Å². The van der Waals surface area contributed by atoms with Crippen molar-refractivity contribution in [3.63, 3.8) is 0 Å². The summed E-state index contributed by atoms with van der Waals surface area (Å²) in [5.41, 5.74) is 0. The maximum atomic E-state index is 9.36. The van der Waals surface area contributed by atoms with E-state index in [0.29, 0.717) is 0 Å². The third kappa shape index (κ3) is 5.79. The van der Waals surface area contributed by atoms with E-state index < -0.39 is 10.4 Å². The lowest BCUT2D eigenvalue weighted by Crippen LogP contribution is -2.07. The normalized spacial score (nSPS) is 11.7. The molecular formula is H3NO5S. The molecule has 0 radical (unpaired) electrons. The van der Waals surface area contributed by atoms with Gasteiger partial charge in [-0.3, -0.25) is 4.55 Å². The molecule has 3 N–H and O–H groups in total. The van der Waals surface area contributed by atoms with Crippen LogP contribution in [0.4, 0.5) is 0 Å². The summed E-state index contributed by atoms with van der Waals surface area (Å²) in [4.78, 5) is 3.07. The van der Waals surface area contributed by atoms with Gasteiger partial charge >= 0.3 is 10.4 Å². The zero-order valence-corrected chi connectivity index (χ0v) is 3.88. The van der Waals surface area contributed by atoms with Crippen molar-refractivity contribution < 1.29 is 22.3 Å². The summed E-state index contributed by atoms with van der Waals surface area (Å²) in [6.07, 6.45) is 0. The van der Waals surface area contributed by atoms with E-state index in [1.807, 2.05) is 0 Å². The second-order valence-corrected chi connectivity index (χ2v) is 1.58. The highest BCUT2D eigenvalue weighted by molar-refractivity contribution is 7.80. The van der Waals surface area contributed by atoms with E-state index in [9.17, 15) is 8.42 Å². The molecule has 7 heavy (non-hydrogen) atoms. The first-order chi connectivity index (χ1) is 3.06. The zero-order chi connectivity index (χ0) is 5.91. The van der Waals surface area contributed by atoms with Gasteiger partial charge in [0.05, 0.1) is 0 Å². The Hall–Kier alpha value is -0.210. The average Bonchev–Trinajstić information content (AvgIpc) is 1.30. The molecule has 0 aliphatic heterocycles. The van der Waals surface area contributed by atoms with Crippen molar-refractivity contribution in [2.45, 2.75) is 0 Å². The maximum absolute atomic E-state index is 9.36. The van der Waals surface area contributed by atoms with Gasteiger partial charge in [0.25, 0.3) is 0 Å². The van der Waals surface area contributed by atoms with E-state index in [1.165, 1.54) is 0 Å². The Morgan fingerprint density at radius 3 is 2.00 bits per heavy atom. The smallest absolute Gasteiger partial charge is 0.262 e. The van der Waals surface area contributed by atoms with Gasteiger partial charge in [-0.15, -0.1) is 4.99 Å². The first kappa shape index (κ1) is 6.79. The van der Waals surface area contributed by atoms with Crippen molar-refractivity contribution in [3.8, 4) is 0 Å². The van der Waals surface area contributed by atoms with Gasteiger partial charge in [0, 0.05) is 0 Å². The Kier molecular flexibility index (Phi) is 2.12. The minimum Gasteiger partial charge on any atom is -0.262 e. The van der Waals surface area contributed by atoms with E-state index in [1.54, 1.807) is 0 Å². The van der Waals surface area contributed by atoms with Crippen LogP contribution in [0.15, 0.2) is 0 Å².